The fraction of sp³-hybridized carbons (Fsp3) is 0.250. The van der Waals surface area contributed by atoms with E-state index in [9.17, 15) is 9.59 Å². The summed E-state index contributed by atoms with van der Waals surface area (Å²) in [6.07, 6.45) is 0.0189. The van der Waals surface area contributed by atoms with Gasteiger partial charge in [-0.3, -0.25) is 14.5 Å². The maximum atomic E-state index is 13.4. The first-order valence-electron chi connectivity index (χ1n) is 11.8. The van der Waals surface area contributed by atoms with Gasteiger partial charge in [0, 0.05) is 17.1 Å². The highest BCUT2D eigenvalue weighted by Gasteiger charge is 2.36. The highest BCUT2D eigenvalue weighted by atomic mass is 35.5. The molecule has 1 atom stereocenters. The predicted octanol–water partition coefficient (Wildman–Crippen LogP) is 5.83. The Morgan fingerprint density at radius 2 is 1.76 bits per heavy atom. The first-order valence-corrected chi connectivity index (χ1v) is 13.0. The molecule has 0 bridgehead atoms. The molecule has 1 N–H and O–H groups in total. The Labute approximate surface area is 230 Å². The second-order valence-corrected chi connectivity index (χ2v) is 10.1. The third-order valence-corrected chi connectivity index (χ3v) is 7.55. The Bertz CT molecular complexity index is 1360. The summed E-state index contributed by atoms with van der Waals surface area (Å²) in [5.41, 5.74) is 2.94. The van der Waals surface area contributed by atoms with Crippen LogP contribution in [0.1, 0.15) is 17.5 Å². The van der Waals surface area contributed by atoms with Crippen LogP contribution in [0, 0.1) is 6.92 Å². The van der Waals surface area contributed by atoms with E-state index in [0.717, 1.165) is 11.1 Å². The molecule has 1 unspecified atom stereocenters. The minimum absolute atomic E-state index is 0.0189. The number of carbonyl (C=O) groups is 2. The molecule has 0 saturated carbocycles. The van der Waals surface area contributed by atoms with Crippen LogP contribution in [0.2, 0.25) is 5.02 Å². The molecule has 0 spiro atoms. The normalized spacial score (nSPS) is 16.3. The van der Waals surface area contributed by atoms with Gasteiger partial charge in [-0.25, -0.2) is 4.99 Å². The lowest BCUT2D eigenvalue weighted by Crippen LogP contribution is -2.44. The van der Waals surface area contributed by atoms with E-state index in [1.807, 2.05) is 25.1 Å². The summed E-state index contributed by atoms with van der Waals surface area (Å²) in [7, 11) is 4.72. The lowest BCUT2D eigenvalue weighted by atomic mass is 10.1. The van der Waals surface area contributed by atoms with E-state index < -0.39 is 5.25 Å². The van der Waals surface area contributed by atoms with Crippen molar-refractivity contribution in [2.45, 2.75) is 25.1 Å². The zero-order chi connectivity index (χ0) is 27.2. The number of thioether (sulfide) groups is 1. The summed E-state index contributed by atoms with van der Waals surface area (Å²) in [5.74, 6) is 1.34. The number of hydrogen-bond acceptors (Lipinski definition) is 7. The Morgan fingerprint density at radius 3 is 2.42 bits per heavy atom. The Kier molecular flexibility index (Phi) is 8.81. The average Bonchev–Trinajstić information content (AvgIpc) is 2.92. The smallest absolute Gasteiger partial charge is 0.238 e. The maximum absolute atomic E-state index is 13.4. The SMILES string of the molecule is COc1ccc(N=C2SC(C(=O)Nc3ccc(C)c(Cl)c3)CC(=O)N2Cc2ccc(OC)c(OC)c2)cc1. The van der Waals surface area contributed by atoms with Crippen LogP contribution in [-0.4, -0.2) is 48.5 Å². The number of rotatable bonds is 8. The van der Waals surface area contributed by atoms with Gasteiger partial charge in [-0.15, -0.1) is 0 Å². The molecule has 2 amide bonds. The van der Waals surface area contributed by atoms with Crippen LogP contribution in [-0.2, 0) is 16.1 Å². The van der Waals surface area contributed by atoms with Crippen molar-refractivity contribution < 1.29 is 23.8 Å². The van der Waals surface area contributed by atoms with Gasteiger partial charge in [0.1, 0.15) is 11.0 Å². The third kappa shape index (κ3) is 6.41. The third-order valence-electron chi connectivity index (χ3n) is 5.96. The minimum atomic E-state index is -0.666. The van der Waals surface area contributed by atoms with E-state index in [0.29, 0.717) is 38.8 Å². The number of benzene rings is 3. The summed E-state index contributed by atoms with van der Waals surface area (Å²) in [6.45, 7) is 2.14. The fourth-order valence-corrected chi connectivity index (χ4v) is 5.10. The molecule has 198 valence electrons. The molecule has 0 aliphatic carbocycles. The number of amides is 2. The highest BCUT2D eigenvalue weighted by Crippen LogP contribution is 2.33. The number of hydrogen-bond donors (Lipinski definition) is 1. The lowest BCUT2D eigenvalue weighted by Gasteiger charge is -2.32. The highest BCUT2D eigenvalue weighted by molar-refractivity contribution is 8.15. The van der Waals surface area contributed by atoms with Crippen molar-refractivity contribution in [3.63, 3.8) is 0 Å². The van der Waals surface area contributed by atoms with Gasteiger partial charge in [0.2, 0.25) is 11.8 Å². The summed E-state index contributed by atoms with van der Waals surface area (Å²) < 4.78 is 16.0. The second kappa shape index (κ2) is 12.2. The average molecular weight is 554 g/mol. The summed E-state index contributed by atoms with van der Waals surface area (Å²) in [6, 6.07) is 18.0. The van der Waals surface area contributed by atoms with Crippen molar-refractivity contribution in [2.24, 2.45) is 4.99 Å². The first-order chi connectivity index (χ1) is 18.3. The molecule has 1 saturated heterocycles. The van der Waals surface area contributed by atoms with Crippen molar-refractivity contribution in [2.75, 3.05) is 26.6 Å². The molecule has 10 heteroatoms. The number of ether oxygens (including phenoxy) is 3. The minimum Gasteiger partial charge on any atom is -0.497 e. The monoisotopic (exact) mass is 553 g/mol. The number of carbonyl (C=O) groups excluding carboxylic acids is 2. The molecule has 1 aliphatic heterocycles. The number of halogens is 1. The molecule has 1 fully saturated rings. The number of aryl methyl sites for hydroxylation is 1. The first kappa shape index (κ1) is 27.3. The fourth-order valence-electron chi connectivity index (χ4n) is 3.82. The zero-order valence-corrected chi connectivity index (χ0v) is 23.1. The number of methoxy groups -OCH3 is 3. The number of nitrogens with zero attached hydrogens (tertiary/aromatic N) is 2. The number of amidine groups is 1. The van der Waals surface area contributed by atoms with E-state index >= 15 is 0 Å². The quantitative estimate of drug-likeness (QED) is 0.377. The van der Waals surface area contributed by atoms with Gasteiger partial charge in [-0.05, 0) is 66.6 Å². The van der Waals surface area contributed by atoms with E-state index in [2.05, 4.69) is 5.32 Å². The van der Waals surface area contributed by atoms with Gasteiger partial charge in [0.15, 0.2) is 16.7 Å². The largest absolute Gasteiger partial charge is 0.497 e. The Morgan fingerprint density at radius 1 is 1.03 bits per heavy atom. The van der Waals surface area contributed by atoms with Crippen LogP contribution in [0.15, 0.2) is 65.7 Å². The molecule has 38 heavy (non-hydrogen) atoms. The number of aliphatic imine (C=N–C) groups is 1. The molecule has 3 aromatic rings. The molecule has 0 radical (unpaired) electrons. The van der Waals surface area contributed by atoms with Crippen LogP contribution >= 0.6 is 23.4 Å². The molecule has 3 aromatic carbocycles. The van der Waals surface area contributed by atoms with E-state index in [4.69, 9.17) is 30.8 Å². The van der Waals surface area contributed by atoms with Crippen LogP contribution < -0.4 is 19.5 Å². The molecule has 8 nitrogen and oxygen atoms in total. The molecule has 0 aromatic heterocycles. The van der Waals surface area contributed by atoms with Crippen molar-refractivity contribution in [1.29, 1.82) is 0 Å². The van der Waals surface area contributed by atoms with E-state index in [1.54, 1.807) is 68.7 Å². The molecule has 1 aliphatic rings. The van der Waals surface area contributed by atoms with Crippen molar-refractivity contribution >= 4 is 51.7 Å². The second-order valence-electron chi connectivity index (χ2n) is 8.53. The van der Waals surface area contributed by atoms with E-state index in [1.165, 1.54) is 11.8 Å². The summed E-state index contributed by atoms with van der Waals surface area (Å²) in [5, 5.41) is 3.18. The Hall–Kier alpha value is -3.69. The van der Waals surface area contributed by atoms with Crippen LogP contribution in [0.5, 0.6) is 17.2 Å². The topological polar surface area (TPSA) is 89.5 Å². The standard InChI is InChI=1S/C28H28ClN3O5S/c1-17-5-7-20(14-22(17)29)30-27(34)25-15-26(33)32(16-18-6-12-23(36-3)24(13-18)37-4)28(38-25)31-19-8-10-21(35-2)11-9-19/h5-14,25H,15-16H2,1-4H3,(H,30,34). The van der Waals surface area contributed by atoms with Gasteiger partial charge < -0.3 is 19.5 Å². The number of nitrogens with one attached hydrogen (secondary N) is 1. The van der Waals surface area contributed by atoms with Gasteiger partial charge >= 0.3 is 0 Å². The Balaban J connectivity index is 1.62. The van der Waals surface area contributed by atoms with Crippen molar-refractivity contribution in [3.05, 3.63) is 76.8 Å². The molecule has 4 rings (SSSR count). The van der Waals surface area contributed by atoms with Gasteiger partial charge in [-0.1, -0.05) is 35.5 Å². The molecule has 1 heterocycles. The van der Waals surface area contributed by atoms with Crippen LogP contribution in [0.4, 0.5) is 11.4 Å². The molecular weight excluding hydrogens is 526 g/mol. The van der Waals surface area contributed by atoms with Gasteiger partial charge in [-0.2, -0.15) is 0 Å². The summed E-state index contributed by atoms with van der Waals surface area (Å²) >= 11 is 7.46. The predicted molar refractivity (Wildman–Crippen MR) is 151 cm³/mol. The molecular formula is C28H28ClN3O5S. The lowest BCUT2D eigenvalue weighted by molar-refractivity contribution is -0.129. The van der Waals surface area contributed by atoms with E-state index in [-0.39, 0.29) is 24.8 Å². The van der Waals surface area contributed by atoms with Crippen LogP contribution in [0.3, 0.4) is 0 Å². The van der Waals surface area contributed by atoms with Gasteiger partial charge in [0.05, 0.1) is 33.6 Å². The van der Waals surface area contributed by atoms with Crippen molar-refractivity contribution in [3.8, 4) is 17.2 Å². The summed E-state index contributed by atoms with van der Waals surface area (Å²) in [4.78, 5) is 32.9. The van der Waals surface area contributed by atoms with Crippen molar-refractivity contribution in [1.82, 2.24) is 4.90 Å². The number of anilines is 1. The maximum Gasteiger partial charge on any atom is 0.238 e. The van der Waals surface area contributed by atoms with Gasteiger partial charge in [0.25, 0.3) is 0 Å². The van der Waals surface area contributed by atoms with Crippen LogP contribution in [0.25, 0.3) is 0 Å². The zero-order valence-electron chi connectivity index (χ0n) is 21.5.